The summed E-state index contributed by atoms with van der Waals surface area (Å²) in [5, 5.41) is 21.0. The molecule has 0 aromatic heterocycles. The van der Waals surface area contributed by atoms with Crippen molar-refractivity contribution >= 4 is 11.4 Å². The molecule has 114 valence electrons. The Kier molecular flexibility index (Phi) is 6.01. The third kappa shape index (κ3) is 5.07. The quantitative estimate of drug-likeness (QED) is 0.482. The number of para-hydroxylation sites is 3. The lowest BCUT2D eigenvalue weighted by Gasteiger charge is -2.11. The molecular weight excluding hydrogens is 292 g/mol. The van der Waals surface area contributed by atoms with E-state index in [0.29, 0.717) is 24.7 Å². The lowest BCUT2D eigenvalue weighted by Crippen LogP contribution is -2.10. The number of nitriles is 2. The molecule has 2 rings (SSSR count). The van der Waals surface area contributed by atoms with E-state index in [0.717, 1.165) is 5.75 Å². The predicted octanol–water partition coefficient (Wildman–Crippen LogP) is 2.96. The molecule has 0 bridgehead atoms. The van der Waals surface area contributed by atoms with Gasteiger partial charge in [0.05, 0.1) is 5.69 Å². The van der Waals surface area contributed by atoms with Gasteiger partial charge in [0.15, 0.2) is 0 Å². The Labute approximate surface area is 134 Å². The van der Waals surface area contributed by atoms with Gasteiger partial charge < -0.3 is 9.47 Å². The summed E-state index contributed by atoms with van der Waals surface area (Å²) in [5.74, 6) is 1.34. The van der Waals surface area contributed by atoms with E-state index in [2.05, 4.69) is 10.5 Å². The van der Waals surface area contributed by atoms with E-state index in [1.165, 1.54) is 0 Å². The van der Waals surface area contributed by atoms with Gasteiger partial charge >= 0.3 is 0 Å². The molecule has 0 saturated carbocycles. The van der Waals surface area contributed by atoms with Crippen LogP contribution < -0.4 is 14.9 Å². The first kappa shape index (κ1) is 15.9. The zero-order valence-corrected chi connectivity index (χ0v) is 12.3. The van der Waals surface area contributed by atoms with Crippen molar-refractivity contribution in [3.63, 3.8) is 0 Å². The van der Waals surface area contributed by atoms with Crippen LogP contribution in [0.3, 0.4) is 0 Å². The molecule has 0 aliphatic carbocycles. The maximum atomic E-state index is 8.66. The van der Waals surface area contributed by atoms with E-state index in [4.69, 9.17) is 20.0 Å². The van der Waals surface area contributed by atoms with Crippen molar-refractivity contribution < 1.29 is 9.47 Å². The number of hydrogen-bond acceptors (Lipinski definition) is 6. The minimum atomic E-state index is -0.257. The number of hydrazone groups is 1. The SMILES string of the molecule is N#CC(C#N)=NNc1ccccc1OCCOc1ccccc1. The monoisotopic (exact) mass is 306 g/mol. The van der Waals surface area contributed by atoms with Gasteiger partial charge in [-0.05, 0) is 24.3 Å². The summed E-state index contributed by atoms with van der Waals surface area (Å²) in [6, 6.07) is 19.9. The van der Waals surface area contributed by atoms with E-state index < -0.39 is 0 Å². The van der Waals surface area contributed by atoms with Crippen molar-refractivity contribution in [2.75, 3.05) is 18.6 Å². The van der Waals surface area contributed by atoms with Gasteiger partial charge in [-0.25, -0.2) is 0 Å². The Morgan fingerprint density at radius 3 is 2.30 bits per heavy atom. The van der Waals surface area contributed by atoms with E-state index >= 15 is 0 Å². The molecule has 0 saturated heterocycles. The van der Waals surface area contributed by atoms with Gasteiger partial charge in [-0.3, -0.25) is 5.43 Å². The molecule has 0 aliphatic rings. The zero-order valence-electron chi connectivity index (χ0n) is 12.3. The third-order valence-electron chi connectivity index (χ3n) is 2.74. The number of nitrogens with zero attached hydrogens (tertiary/aromatic N) is 3. The fourth-order valence-corrected chi connectivity index (χ4v) is 1.70. The first-order chi connectivity index (χ1) is 11.3. The molecule has 6 nitrogen and oxygen atoms in total. The average Bonchev–Trinajstić information content (AvgIpc) is 2.61. The number of anilines is 1. The second kappa shape index (κ2) is 8.71. The van der Waals surface area contributed by atoms with Crippen LogP contribution in [0.4, 0.5) is 5.69 Å². The maximum absolute atomic E-state index is 8.66. The van der Waals surface area contributed by atoms with Gasteiger partial charge in [0.2, 0.25) is 5.71 Å². The summed E-state index contributed by atoms with van der Waals surface area (Å²) in [7, 11) is 0. The van der Waals surface area contributed by atoms with Crippen LogP contribution in [-0.4, -0.2) is 18.9 Å². The molecule has 0 unspecified atom stereocenters. The predicted molar refractivity (Wildman–Crippen MR) is 86.2 cm³/mol. The molecule has 0 spiro atoms. The smallest absolute Gasteiger partial charge is 0.237 e. The van der Waals surface area contributed by atoms with E-state index in [1.807, 2.05) is 36.4 Å². The fraction of sp³-hybridized carbons (Fsp3) is 0.118. The second-order valence-corrected chi connectivity index (χ2v) is 4.30. The summed E-state index contributed by atoms with van der Waals surface area (Å²) in [4.78, 5) is 0. The molecule has 0 fully saturated rings. The van der Waals surface area contributed by atoms with Crippen LogP contribution in [0.25, 0.3) is 0 Å². The van der Waals surface area contributed by atoms with Gasteiger partial charge in [0.25, 0.3) is 0 Å². The van der Waals surface area contributed by atoms with E-state index in [9.17, 15) is 0 Å². The minimum Gasteiger partial charge on any atom is -0.490 e. The molecule has 0 radical (unpaired) electrons. The van der Waals surface area contributed by atoms with Crippen LogP contribution in [0.15, 0.2) is 59.7 Å². The van der Waals surface area contributed by atoms with Crippen LogP contribution in [-0.2, 0) is 0 Å². The Bertz CT molecular complexity index is 729. The fourth-order valence-electron chi connectivity index (χ4n) is 1.70. The van der Waals surface area contributed by atoms with Crippen molar-refractivity contribution in [1.29, 1.82) is 10.5 Å². The minimum absolute atomic E-state index is 0.257. The molecule has 0 atom stereocenters. The zero-order chi connectivity index (χ0) is 16.3. The number of benzene rings is 2. The Morgan fingerprint density at radius 2 is 1.57 bits per heavy atom. The molecule has 0 amide bonds. The van der Waals surface area contributed by atoms with Crippen LogP contribution >= 0.6 is 0 Å². The molecule has 6 heteroatoms. The average molecular weight is 306 g/mol. The molecule has 1 N–H and O–H groups in total. The Hall–Kier alpha value is -3.51. The van der Waals surface area contributed by atoms with Crippen molar-refractivity contribution in [2.24, 2.45) is 5.10 Å². The van der Waals surface area contributed by atoms with E-state index in [-0.39, 0.29) is 5.71 Å². The highest BCUT2D eigenvalue weighted by Crippen LogP contribution is 2.23. The third-order valence-corrected chi connectivity index (χ3v) is 2.74. The van der Waals surface area contributed by atoms with Gasteiger partial charge in [0.1, 0.15) is 36.9 Å². The number of nitrogens with one attached hydrogen (secondary N) is 1. The van der Waals surface area contributed by atoms with Crippen LogP contribution in [0.1, 0.15) is 0 Å². The molecule has 2 aromatic rings. The molecular formula is C17H14N4O2. The standard InChI is InChI=1S/C17H14N4O2/c18-12-14(13-19)20-21-16-8-4-5-9-17(16)23-11-10-22-15-6-2-1-3-7-15/h1-9,21H,10-11H2. The number of ether oxygens (including phenoxy) is 2. The van der Waals surface area contributed by atoms with E-state index in [1.54, 1.807) is 30.3 Å². The first-order valence-electron chi connectivity index (χ1n) is 6.87. The molecule has 23 heavy (non-hydrogen) atoms. The van der Waals surface area contributed by atoms with Crippen LogP contribution in [0.5, 0.6) is 11.5 Å². The molecule has 0 heterocycles. The summed E-state index contributed by atoms with van der Waals surface area (Å²) in [6.07, 6.45) is 0. The number of rotatable bonds is 7. The second-order valence-electron chi connectivity index (χ2n) is 4.30. The van der Waals surface area contributed by atoms with Gasteiger partial charge in [-0.15, -0.1) is 0 Å². The highest BCUT2D eigenvalue weighted by atomic mass is 16.5. The lowest BCUT2D eigenvalue weighted by atomic mass is 10.3. The normalized spacial score (nSPS) is 9.13. The van der Waals surface area contributed by atoms with Crippen molar-refractivity contribution in [2.45, 2.75) is 0 Å². The van der Waals surface area contributed by atoms with Gasteiger partial charge in [-0.1, -0.05) is 30.3 Å². The van der Waals surface area contributed by atoms with Crippen LogP contribution in [0.2, 0.25) is 0 Å². The van der Waals surface area contributed by atoms with Crippen molar-refractivity contribution in [3.8, 4) is 23.6 Å². The highest BCUT2D eigenvalue weighted by Gasteiger charge is 2.03. The summed E-state index contributed by atoms with van der Waals surface area (Å²) in [6.45, 7) is 0.740. The maximum Gasteiger partial charge on any atom is 0.237 e. The molecule has 0 aliphatic heterocycles. The Morgan fingerprint density at radius 1 is 0.913 bits per heavy atom. The largest absolute Gasteiger partial charge is 0.490 e. The summed E-state index contributed by atoms with van der Waals surface area (Å²) in [5.41, 5.74) is 2.96. The number of hydrogen-bond donors (Lipinski definition) is 1. The lowest BCUT2D eigenvalue weighted by molar-refractivity contribution is 0.218. The topological polar surface area (TPSA) is 90.4 Å². The van der Waals surface area contributed by atoms with Gasteiger partial charge in [-0.2, -0.15) is 15.6 Å². The highest BCUT2D eigenvalue weighted by molar-refractivity contribution is 6.10. The van der Waals surface area contributed by atoms with Gasteiger partial charge in [0, 0.05) is 0 Å². The first-order valence-corrected chi connectivity index (χ1v) is 6.87. The summed E-state index contributed by atoms with van der Waals surface area (Å²) < 4.78 is 11.2. The summed E-state index contributed by atoms with van der Waals surface area (Å²) >= 11 is 0. The van der Waals surface area contributed by atoms with Crippen molar-refractivity contribution in [1.82, 2.24) is 0 Å². The van der Waals surface area contributed by atoms with Crippen LogP contribution in [0, 0.1) is 22.7 Å². The molecule has 2 aromatic carbocycles. The Balaban J connectivity index is 1.89. The van der Waals surface area contributed by atoms with Crippen molar-refractivity contribution in [3.05, 3.63) is 54.6 Å².